The maximum atomic E-state index is 6.13. The molecule has 3 heterocycles. The van der Waals surface area contributed by atoms with Crippen LogP contribution in [0.3, 0.4) is 0 Å². The summed E-state index contributed by atoms with van der Waals surface area (Å²) < 4.78 is 23.0. The summed E-state index contributed by atoms with van der Waals surface area (Å²) in [6.07, 6.45) is 2.49. The Kier molecular flexibility index (Phi) is 4.09. The predicted octanol–water partition coefficient (Wildman–Crippen LogP) is 3.43. The van der Waals surface area contributed by atoms with E-state index in [0.29, 0.717) is 19.3 Å². The number of fused-ring (bicyclic) bond motifs is 2. The SMILES string of the molecule is c1ccc2c(c1)OCC(CN1CCCC(c3ccc4c(c3)OCO4)C1)O2. The second kappa shape index (κ2) is 6.72. The summed E-state index contributed by atoms with van der Waals surface area (Å²) >= 11 is 0. The molecule has 2 aromatic rings. The zero-order chi connectivity index (χ0) is 17.3. The van der Waals surface area contributed by atoms with E-state index in [1.165, 1.54) is 18.4 Å². The molecule has 3 aliphatic rings. The van der Waals surface area contributed by atoms with Crippen molar-refractivity contribution in [1.82, 2.24) is 4.90 Å². The predicted molar refractivity (Wildman–Crippen MR) is 97.3 cm³/mol. The van der Waals surface area contributed by atoms with Gasteiger partial charge in [0.2, 0.25) is 6.79 Å². The average molecular weight is 353 g/mol. The third kappa shape index (κ3) is 3.07. The molecule has 0 bridgehead atoms. The lowest BCUT2D eigenvalue weighted by atomic mass is 9.90. The van der Waals surface area contributed by atoms with E-state index < -0.39 is 0 Å². The average Bonchev–Trinajstić information content (AvgIpc) is 3.16. The maximum absolute atomic E-state index is 6.13. The van der Waals surface area contributed by atoms with E-state index in [4.69, 9.17) is 18.9 Å². The molecule has 0 aliphatic carbocycles. The van der Waals surface area contributed by atoms with Crippen molar-refractivity contribution >= 4 is 0 Å². The van der Waals surface area contributed by atoms with E-state index >= 15 is 0 Å². The van der Waals surface area contributed by atoms with E-state index in [9.17, 15) is 0 Å². The lowest BCUT2D eigenvalue weighted by molar-refractivity contribution is 0.0504. The Morgan fingerprint density at radius 2 is 1.77 bits per heavy atom. The summed E-state index contributed by atoms with van der Waals surface area (Å²) in [4.78, 5) is 2.50. The van der Waals surface area contributed by atoms with Crippen LogP contribution in [0.15, 0.2) is 42.5 Å². The number of piperidine rings is 1. The van der Waals surface area contributed by atoms with Gasteiger partial charge in [-0.25, -0.2) is 0 Å². The molecule has 1 saturated heterocycles. The summed E-state index contributed by atoms with van der Waals surface area (Å²) in [5, 5.41) is 0. The van der Waals surface area contributed by atoms with Crippen molar-refractivity contribution in [2.45, 2.75) is 24.9 Å². The fourth-order valence-electron chi connectivity index (χ4n) is 4.10. The Morgan fingerprint density at radius 1 is 0.923 bits per heavy atom. The van der Waals surface area contributed by atoms with Gasteiger partial charge >= 0.3 is 0 Å². The molecule has 136 valence electrons. The van der Waals surface area contributed by atoms with Crippen LogP contribution in [-0.2, 0) is 0 Å². The molecular formula is C21H23NO4. The van der Waals surface area contributed by atoms with Crippen LogP contribution in [0, 0.1) is 0 Å². The zero-order valence-electron chi connectivity index (χ0n) is 14.7. The van der Waals surface area contributed by atoms with Gasteiger partial charge in [-0.1, -0.05) is 18.2 Å². The number of rotatable bonds is 3. The molecule has 2 aromatic carbocycles. The van der Waals surface area contributed by atoms with E-state index in [0.717, 1.165) is 42.6 Å². The minimum absolute atomic E-state index is 0.0837. The molecule has 26 heavy (non-hydrogen) atoms. The van der Waals surface area contributed by atoms with Gasteiger partial charge in [0.1, 0.15) is 12.7 Å². The van der Waals surface area contributed by atoms with Crippen molar-refractivity contribution in [3.63, 3.8) is 0 Å². The Hall–Kier alpha value is -2.40. The number of ether oxygens (including phenoxy) is 4. The van der Waals surface area contributed by atoms with Crippen LogP contribution >= 0.6 is 0 Å². The molecule has 0 aromatic heterocycles. The smallest absolute Gasteiger partial charge is 0.231 e. The van der Waals surface area contributed by atoms with Gasteiger partial charge in [0.05, 0.1) is 0 Å². The molecule has 2 unspecified atom stereocenters. The third-order valence-corrected chi connectivity index (χ3v) is 5.40. The van der Waals surface area contributed by atoms with Crippen molar-refractivity contribution in [3.05, 3.63) is 48.0 Å². The van der Waals surface area contributed by atoms with Gasteiger partial charge in [-0.05, 0) is 55.1 Å². The number of nitrogens with zero attached hydrogens (tertiary/aromatic N) is 1. The highest BCUT2D eigenvalue weighted by Crippen LogP contribution is 2.37. The minimum Gasteiger partial charge on any atom is -0.486 e. The maximum Gasteiger partial charge on any atom is 0.231 e. The number of likely N-dealkylation sites (tertiary alicyclic amines) is 1. The van der Waals surface area contributed by atoms with Crippen molar-refractivity contribution < 1.29 is 18.9 Å². The van der Waals surface area contributed by atoms with E-state index in [-0.39, 0.29) is 6.10 Å². The highest BCUT2D eigenvalue weighted by Gasteiger charge is 2.28. The Balaban J connectivity index is 1.24. The first-order chi connectivity index (χ1) is 12.8. The Labute approximate surface area is 153 Å². The Morgan fingerprint density at radius 3 is 2.73 bits per heavy atom. The summed E-state index contributed by atoms with van der Waals surface area (Å²) in [5.74, 6) is 3.96. The lowest BCUT2D eigenvalue weighted by Gasteiger charge is -2.36. The topological polar surface area (TPSA) is 40.2 Å². The summed E-state index contributed by atoms with van der Waals surface area (Å²) in [5.41, 5.74) is 1.34. The van der Waals surface area contributed by atoms with Crippen LogP contribution in [0.1, 0.15) is 24.3 Å². The van der Waals surface area contributed by atoms with Crippen molar-refractivity contribution in [2.24, 2.45) is 0 Å². The monoisotopic (exact) mass is 353 g/mol. The first kappa shape index (κ1) is 15.8. The second-order valence-electron chi connectivity index (χ2n) is 7.21. The quantitative estimate of drug-likeness (QED) is 0.845. The van der Waals surface area contributed by atoms with Crippen LogP contribution in [0.2, 0.25) is 0 Å². The molecule has 5 rings (SSSR count). The van der Waals surface area contributed by atoms with E-state index in [2.05, 4.69) is 17.0 Å². The largest absolute Gasteiger partial charge is 0.486 e. The number of hydrogen-bond donors (Lipinski definition) is 0. The molecule has 0 radical (unpaired) electrons. The summed E-state index contributed by atoms with van der Waals surface area (Å²) in [6.45, 7) is 4.00. The molecule has 5 nitrogen and oxygen atoms in total. The van der Waals surface area contributed by atoms with Gasteiger partial charge in [-0.3, -0.25) is 4.90 Å². The van der Waals surface area contributed by atoms with Gasteiger partial charge in [0.25, 0.3) is 0 Å². The van der Waals surface area contributed by atoms with Gasteiger partial charge in [-0.2, -0.15) is 0 Å². The molecule has 2 atom stereocenters. The minimum atomic E-state index is 0.0837. The molecular weight excluding hydrogens is 330 g/mol. The highest BCUT2D eigenvalue weighted by atomic mass is 16.7. The van der Waals surface area contributed by atoms with E-state index in [1.54, 1.807) is 0 Å². The van der Waals surface area contributed by atoms with Crippen molar-refractivity contribution in [2.75, 3.05) is 33.0 Å². The molecule has 0 amide bonds. The molecule has 0 saturated carbocycles. The van der Waals surface area contributed by atoms with Crippen LogP contribution in [-0.4, -0.2) is 44.0 Å². The molecule has 0 spiro atoms. The lowest BCUT2D eigenvalue weighted by Crippen LogP contribution is -2.44. The van der Waals surface area contributed by atoms with Crippen LogP contribution < -0.4 is 18.9 Å². The van der Waals surface area contributed by atoms with Crippen LogP contribution in [0.5, 0.6) is 23.0 Å². The first-order valence-electron chi connectivity index (χ1n) is 9.35. The summed E-state index contributed by atoms with van der Waals surface area (Å²) in [7, 11) is 0. The van der Waals surface area contributed by atoms with Crippen LogP contribution in [0.25, 0.3) is 0 Å². The van der Waals surface area contributed by atoms with Gasteiger partial charge in [0, 0.05) is 13.1 Å². The molecule has 0 N–H and O–H groups in total. The van der Waals surface area contributed by atoms with Gasteiger partial charge < -0.3 is 18.9 Å². The molecule has 1 fully saturated rings. The third-order valence-electron chi connectivity index (χ3n) is 5.40. The fourth-order valence-corrected chi connectivity index (χ4v) is 4.10. The first-order valence-corrected chi connectivity index (χ1v) is 9.35. The van der Waals surface area contributed by atoms with Crippen LogP contribution in [0.4, 0.5) is 0 Å². The molecule has 3 aliphatic heterocycles. The zero-order valence-corrected chi connectivity index (χ0v) is 14.7. The number of para-hydroxylation sites is 2. The van der Waals surface area contributed by atoms with Crippen molar-refractivity contribution in [1.29, 1.82) is 0 Å². The van der Waals surface area contributed by atoms with Gasteiger partial charge in [0.15, 0.2) is 23.0 Å². The summed E-state index contributed by atoms with van der Waals surface area (Å²) in [6, 6.07) is 14.3. The van der Waals surface area contributed by atoms with E-state index in [1.807, 2.05) is 30.3 Å². The normalized spacial score (nSPS) is 24.5. The highest BCUT2D eigenvalue weighted by molar-refractivity contribution is 5.45. The second-order valence-corrected chi connectivity index (χ2v) is 7.21. The number of hydrogen-bond acceptors (Lipinski definition) is 5. The van der Waals surface area contributed by atoms with Crippen molar-refractivity contribution in [3.8, 4) is 23.0 Å². The standard InChI is InChI=1S/C21H23NO4/c1-2-6-20-18(5-1)23-13-17(26-20)12-22-9-3-4-16(11-22)15-7-8-19-21(10-15)25-14-24-19/h1-2,5-8,10,16-17H,3-4,9,11-14H2. The fraction of sp³-hybridized carbons (Fsp3) is 0.429. The Bertz CT molecular complexity index is 793. The number of benzene rings is 2. The van der Waals surface area contributed by atoms with Gasteiger partial charge in [-0.15, -0.1) is 0 Å². The molecule has 5 heteroatoms.